The minimum atomic E-state index is -3.98. The Bertz CT molecular complexity index is 1170. The van der Waals surface area contributed by atoms with Crippen molar-refractivity contribution in [1.82, 2.24) is 9.71 Å². The second-order valence-corrected chi connectivity index (χ2v) is 11.1. The molecule has 1 spiro atoms. The lowest BCUT2D eigenvalue weighted by Gasteiger charge is -2.35. The molecule has 2 aliphatic carbocycles. The Morgan fingerprint density at radius 3 is 2.45 bits per heavy atom. The van der Waals surface area contributed by atoms with Crippen LogP contribution in [0.1, 0.15) is 48.9 Å². The highest BCUT2D eigenvalue weighted by molar-refractivity contribution is 7.89. The molecule has 0 bridgehead atoms. The van der Waals surface area contributed by atoms with Crippen LogP contribution in [0.4, 0.5) is 20.3 Å². The molecule has 0 atom stereocenters. The molecule has 1 amide bonds. The number of nitrogens with one attached hydrogen (secondary N) is 2. The fraction of sp³-hybridized carbons (Fsp3) is 0.478. The number of rotatable bonds is 6. The molecule has 2 N–H and O–H groups in total. The van der Waals surface area contributed by atoms with Crippen LogP contribution in [-0.2, 0) is 10.0 Å². The van der Waals surface area contributed by atoms with Crippen molar-refractivity contribution in [2.24, 2.45) is 5.41 Å². The molecule has 2 aromatic rings. The summed E-state index contributed by atoms with van der Waals surface area (Å²) in [6, 6.07) is 8.39. The van der Waals surface area contributed by atoms with Crippen molar-refractivity contribution < 1.29 is 22.0 Å². The van der Waals surface area contributed by atoms with E-state index in [1.165, 1.54) is 31.0 Å². The van der Waals surface area contributed by atoms with Crippen LogP contribution in [0.2, 0.25) is 0 Å². The Kier molecular flexibility index (Phi) is 5.40. The molecule has 3 fully saturated rings. The van der Waals surface area contributed by atoms with Crippen molar-refractivity contribution in [3.05, 3.63) is 48.2 Å². The van der Waals surface area contributed by atoms with Gasteiger partial charge in [-0.3, -0.25) is 4.79 Å². The summed E-state index contributed by atoms with van der Waals surface area (Å²) in [6.07, 6.45) is 5.42. The number of sulfonamides is 1. The number of nitrogens with zero attached hydrogens (tertiary/aromatic N) is 2. The number of carbonyl (C=O) groups excluding carboxylic acids is 1. The van der Waals surface area contributed by atoms with Crippen LogP contribution in [0.25, 0.3) is 0 Å². The predicted octanol–water partition coefficient (Wildman–Crippen LogP) is 3.79. The van der Waals surface area contributed by atoms with Gasteiger partial charge < -0.3 is 10.2 Å². The van der Waals surface area contributed by atoms with E-state index in [9.17, 15) is 22.0 Å². The maximum Gasteiger partial charge on any atom is 0.259 e. The van der Waals surface area contributed by atoms with Gasteiger partial charge in [-0.25, -0.2) is 26.9 Å². The van der Waals surface area contributed by atoms with Gasteiger partial charge in [0.1, 0.15) is 5.82 Å². The number of anilines is 2. The highest BCUT2D eigenvalue weighted by Crippen LogP contribution is 2.53. The number of amides is 1. The third kappa shape index (κ3) is 4.72. The number of piperidine rings is 1. The lowest BCUT2D eigenvalue weighted by Crippen LogP contribution is -2.50. The zero-order chi connectivity index (χ0) is 23.3. The van der Waals surface area contributed by atoms with Gasteiger partial charge >= 0.3 is 0 Å². The number of hydrogen-bond donors (Lipinski definition) is 2. The maximum atomic E-state index is 13.1. The standard InChI is InChI=1S/C23H26F2N4O3S/c24-23(25)14-17(15-23)28-33(31,32)18-4-1-3-16(13-18)27-21(30)19-5-2-10-26-20(19)29-11-8-22(6-7-22)9-12-29/h1-5,10,13,17,28H,6-9,11-12,14-15H2,(H,27,30). The average Bonchev–Trinajstić information content (AvgIpc) is 3.52. The number of carbonyl (C=O) groups is 1. The van der Waals surface area contributed by atoms with Crippen molar-refractivity contribution in [2.45, 2.75) is 55.4 Å². The van der Waals surface area contributed by atoms with E-state index in [0.717, 1.165) is 25.9 Å². The van der Waals surface area contributed by atoms with Gasteiger partial charge in [-0.1, -0.05) is 6.07 Å². The van der Waals surface area contributed by atoms with Gasteiger partial charge in [0.05, 0.1) is 10.5 Å². The summed E-state index contributed by atoms with van der Waals surface area (Å²) in [5.41, 5.74) is 1.22. The largest absolute Gasteiger partial charge is 0.356 e. The lowest BCUT2D eigenvalue weighted by atomic mass is 9.89. The van der Waals surface area contributed by atoms with E-state index < -0.39 is 34.8 Å². The van der Waals surface area contributed by atoms with Crippen molar-refractivity contribution in [2.75, 3.05) is 23.3 Å². The zero-order valence-corrected chi connectivity index (χ0v) is 18.9. The van der Waals surface area contributed by atoms with Crippen molar-refractivity contribution in [3.8, 4) is 0 Å². The van der Waals surface area contributed by atoms with Crippen molar-refractivity contribution in [3.63, 3.8) is 0 Å². The molecule has 0 unspecified atom stereocenters. The summed E-state index contributed by atoms with van der Waals surface area (Å²) >= 11 is 0. The molecule has 3 aliphatic rings. The summed E-state index contributed by atoms with van der Waals surface area (Å²) in [4.78, 5) is 19.6. The summed E-state index contributed by atoms with van der Waals surface area (Å²) < 4.78 is 53.6. The van der Waals surface area contributed by atoms with Crippen LogP contribution in [0, 0.1) is 5.41 Å². The molecule has 1 aromatic carbocycles. The molecular weight excluding hydrogens is 450 g/mol. The maximum absolute atomic E-state index is 13.1. The number of aromatic nitrogens is 1. The minimum Gasteiger partial charge on any atom is -0.356 e. The molecule has 2 saturated carbocycles. The van der Waals surface area contributed by atoms with E-state index >= 15 is 0 Å². The molecule has 0 radical (unpaired) electrons. The monoisotopic (exact) mass is 476 g/mol. The number of hydrogen-bond acceptors (Lipinski definition) is 5. The SMILES string of the molecule is O=C(Nc1cccc(S(=O)(=O)NC2CC(F)(F)C2)c1)c1cccnc1N1CCC2(CC1)CC2. The normalized spacial score (nSPS) is 21.5. The summed E-state index contributed by atoms with van der Waals surface area (Å²) in [7, 11) is -3.98. The van der Waals surface area contributed by atoms with Gasteiger partial charge in [-0.05, 0) is 61.4 Å². The first kappa shape index (κ1) is 22.2. The second-order valence-electron chi connectivity index (χ2n) is 9.43. The molecule has 7 nitrogen and oxygen atoms in total. The lowest BCUT2D eigenvalue weighted by molar-refractivity contribution is -0.0876. The fourth-order valence-corrected chi connectivity index (χ4v) is 5.95. The Morgan fingerprint density at radius 2 is 1.79 bits per heavy atom. The molecular formula is C23H26F2N4O3S. The summed E-state index contributed by atoms with van der Waals surface area (Å²) in [5.74, 6) is -2.58. The van der Waals surface area contributed by atoms with E-state index in [0.29, 0.717) is 22.5 Å². The predicted molar refractivity (Wildman–Crippen MR) is 120 cm³/mol. The van der Waals surface area contributed by atoms with Crippen LogP contribution >= 0.6 is 0 Å². The van der Waals surface area contributed by atoms with Crippen LogP contribution < -0.4 is 14.9 Å². The van der Waals surface area contributed by atoms with Crippen molar-refractivity contribution >= 4 is 27.4 Å². The topological polar surface area (TPSA) is 91.4 Å². The Hall–Kier alpha value is -2.59. The van der Waals surface area contributed by atoms with E-state index in [1.54, 1.807) is 24.4 Å². The highest BCUT2D eigenvalue weighted by Gasteiger charge is 2.47. The molecule has 176 valence electrons. The second kappa shape index (κ2) is 8.02. The first-order valence-electron chi connectivity index (χ1n) is 11.2. The van der Waals surface area contributed by atoms with Crippen molar-refractivity contribution in [1.29, 1.82) is 0 Å². The van der Waals surface area contributed by atoms with Crippen LogP contribution in [-0.4, -0.2) is 44.4 Å². The molecule has 1 saturated heterocycles. The average molecular weight is 477 g/mol. The minimum absolute atomic E-state index is 0.0901. The molecule has 2 heterocycles. The van der Waals surface area contributed by atoms with Gasteiger partial charge in [-0.15, -0.1) is 0 Å². The van der Waals surface area contributed by atoms with Crippen LogP contribution in [0.5, 0.6) is 0 Å². The highest BCUT2D eigenvalue weighted by atomic mass is 32.2. The Labute approximate surface area is 191 Å². The summed E-state index contributed by atoms with van der Waals surface area (Å²) in [5, 5.41) is 2.76. The summed E-state index contributed by atoms with van der Waals surface area (Å²) in [6.45, 7) is 1.72. The van der Waals surface area contributed by atoms with Gasteiger partial charge in [0, 0.05) is 43.9 Å². The first-order chi connectivity index (χ1) is 15.6. The first-order valence-corrected chi connectivity index (χ1v) is 12.6. The molecule has 1 aliphatic heterocycles. The van der Waals surface area contributed by atoms with Crippen LogP contribution in [0.3, 0.4) is 0 Å². The van der Waals surface area contributed by atoms with Gasteiger partial charge in [0.15, 0.2) is 0 Å². The van der Waals surface area contributed by atoms with E-state index in [-0.39, 0.29) is 10.8 Å². The molecule has 10 heteroatoms. The third-order valence-electron chi connectivity index (χ3n) is 6.93. The fourth-order valence-electron chi connectivity index (χ4n) is 4.67. The zero-order valence-electron chi connectivity index (χ0n) is 18.1. The number of halogens is 2. The Morgan fingerprint density at radius 1 is 1.06 bits per heavy atom. The van der Waals surface area contributed by atoms with E-state index in [4.69, 9.17) is 0 Å². The number of pyridine rings is 1. The quantitative estimate of drug-likeness (QED) is 0.662. The smallest absolute Gasteiger partial charge is 0.259 e. The van der Waals surface area contributed by atoms with Gasteiger partial charge in [0.2, 0.25) is 10.0 Å². The molecule has 1 aromatic heterocycles. The van der Waals surface area contributed by atoms with E-state index in [1.807, 2.05) is 0 Å². The number of benzene rings is 1. The molecule has 33 heavy (non-hydrogen) atoms. The van der Waals surface area contributed by atoms with Gasteiger partial charge in [-0.2, -0.15) is 0 Å². The van der Waals surface area contributed by atoms with Gasteiger partial charge in [0.25, 0.3) is 11.8 Å². The Balaban J connectivity index is 1.29. The number of alkyl halides is 2. The van der Waals surface area contributed by atoms with E-state index in [2.05, 4.69) is 19.9 Å². The molecule has 5 rings (SSSR count). The van der Waals surface area contributed by atoms with Crippen LogP contribution in [0.15, 0.2) is 47.5 Å². The third-order valence-corrected chi connectivity index (χ3v) is 8.44.